The van der Waals surface area contributed by atoms with Gasteiger partial charge in [-0.25, -0.2) is 22.0 Å². The van der Waals surface area contributed by atoms with E-state index >= 15 is 0 Å². The molecule has 2 N–H and O–H groups in total. The van der Waals surface area contributed by atoms with Crippen LogP contribution < -0.4 is 5.14 Å². The summed E-state index contributed by atoms with van der Waals surface area (Å²) in [6.07, 6.45) is 0.873. The summed E-state index contributed by atoms with van der Waals surface area (Å²) in [5.74, 6) is 0. The Bertz CT molecular complexity index is 703. The summed E-state index contributed by atoms with van der Waals surface area (Å²) in [5.41, 5.74) is 0. The van der Waals surface area contributed by atoms with Crippen molar-refractivity contribution in [3.05, 3.63) is 28.7 Å². The second-order valence-corrected chi connectivity index (χ2v) is 9.37. The van der Waals surface area contributed by atoms with Crippen molar-refractivity contribution in [2.24, 2.45) is 5.14 Å². The van der Waals surface area contributed by atoms with Crippen LogP contribution in [0.4, 0.5) is 0 Å². The van der Waals surface area contributed by atoms with Gasteiger partial charge in [0.2, 0.25) is 20.0 Å². The van der Waals surface area contributed by atoms with Gasteiger partial charge in [-0.3, -0.25) is 0 Å². The molecular formula is C11H15BrN2O4S2. The third kappa shape index (κ3) is 3.40. The monoisotopic (exact) mass is 382 g/mol. The average Bonchev–Trinajstić information content (AvgIpc) is 2.38. The molecule has 6 nitrogen and oxygen atoms in total. The Balaban J connectivity index is 2.30. The molecule has 1 fully saturated rings. The van der Waals surface area contributed by atoms with Gasteiger partial charge in [-0.2, -0.15) is 4.31 Å². The largest absolute Gasteiger partial charge is 0.243 e. The number of rotatable bonds is 3. The Morgan fingerprint density at radius 3 is 2.55 bits per heavy atom. The van der Waals surface area contributed by atoms with Crippen molar-refractivity contribution in [3.63, 3.8) is 0 Å². The van der Waals surface area contributed by atoms with E-state index in [1.165, 1.54) is 16.4 Å². The molecule has 1 saturated heterocycles. The highest BCUT2D eigenvalue weighted by Gasteiger charge is 2.34. The van der Waals surface area contributed by atoms with Crippen molar-refractivity contribution < 1.29 is 16.8 Å². The molecule has 0 bridgehead atoms. The predicted octanol–water partition coefficient (Wildman–Crippen LogP) is 0.891. The molecule has 0 amide bonds. The lowest BCUT2D eigenvalue weighted by atomic mass is 10.2. The van der Waals surface area contributed by atoms with Crippen molar-refractivity contribution >= 4 is 36.0 Å². The zero-order chi connectivity index (χ0) is 15.0. The molecule has 0 saturated carbocycles. The fraction of sp³-hybridized carbons (Fsp3) is 0.455. The topological polar surface area (TPSA) is 97.5 Å². The number of benzene rings is 1. The van der Waals surface area contributed by atoms with Gasteiger partial charge in [0, 0.05) is 17.6 Å². The first-order valence-electron chi connectivity index (χ1n) is 5.98. The maximum absolute atomic E-state index is 12.5. The Kier molecular flexibility index (Phi) is 4.55. The van der Waals surface area contributed by atoms with Crippen LogP contribution in [-0.2, 0) is 20.0 Å². The van der Waals surface area contributed by atoms with Gasteiger partial charge in [0.15, 0.2) is 0 Å². The molecule has 1 heterocycles. The highest BCUT2D eigenvalue weighted by molar-refractivity contribution is 9.10. The number of halogens is 1. The molecule has 1 aliphatic heterocycles. The van der Waals surface area contributed by atoms with Gasteiger partial charge in [0.1, 0.15) is 0 Å². The summed E-state index contributed by atoms with van der Waals surface area (Å²) in [4.78, 5) is 0.141. The van der Waals surface area contributed by atoms with Crippen molar-refractivity contribution in [2.75, 3.05) is 13.1 Å². The lowest BCUT2D eigenvalue weighted by molar-refractivity contribution is 0.346. The smallest absolute Gasteiger partial charge is 0.228 e. The van der Waals surface area contributed by atoms with Gasteiger partial charge in [0.25, 0.3) is 0 Å². The molecule has 112 valence electrons. The maximum Gasteiger partial charge on any atom is 0.243 e. The number of hydrogen-bond donors (Lipinski definition) is 1. The first-order chi connectivity index (χ1) is 9.21. The third-order valence-electron chi connectivity index (χ3n) is 3.24. The van der Waals surface area contributed by atoms with Crippen LogP contribution in [0, 0.1) is 0 Å². The Morgan fingerprint density at radius 1 is 1.25 bits per heavy atom. The summed E-state index contributed by atoms with van der Waals surface area (Å²) in [7, 11) is -7.42. The van der Waals surface area contributed by atoms with Gasteiger partial charge in [0.05, 0.1) is 10.1 Å². The molecule has 20 heavy (non-hydrogen) atoms. The molecule has 0 radical (unpaired) electrons. The standard InChI is InChI=1S/C11H15BrN2O4S2/c12-9-3-1-4-10(7-9)20(17,18)14-6-2-5-11(8-14)19(13,15)16/h1,3-4,7,11H,2,5-6,8H2,(H2,13,15,16). The van der Waals surface area contributed by atoms with Crippen LogP contribution in [-0.4, -0.2) is 39.5 Å². The summed E-state index contributed by atoms with van der Waals surface area (Å²) in [5, 5.41) is 4.29. The lowest BCUT2D eigenvalue weighted by Crippen LogP contribution is -2.46. The average molecular weight is 383 g/mol. The SMILES string of the molecule is NS(=O)(=O)C1CCCN(S(=O)(=O)c2cccc(Br)c2)C1. The summed E-state index contributed by atoms with van der Waals surface area (Å²) in [6, 6.07) is 6.33. The summed E-state index contributed by atoms with van der Waals surface area (Å²) in [6.45, 7) is 0.217. The zero-order valence-corrected chi connectivity index (χ0v) is 13.8. The lowest BCUT2D eigenvalue weighted by Gasteiger charge is -2.30. The molecule has 0 spiro atoms. The molecule has 1 aromatic rings. The first kappa shape index (κ1) is 15.9. The van der Waals surface area contributed by atoms with Gasteiger partial charge in [-0.15, -0.1) is 0 Å². The molecule has 1 atom stereocenters. The van der Waals surface area contributed by atoms with E-state index in [0.717, 1.165) is 0 Å². The quantitative estimate of drug-likeness (QED) is 0.838. The van der Waals surface area contributed by atoms with E-state index in [1.807, 2.05) is 0 Å². The molecule has 2 rings (SSSR count). The zero-order valence-electron chi connectivity index (χ0n) is 10.6. The number of nitrogens with zero attached hydrogens (tertiary/aromatic N) is 1. The number of nitrogens with two attached hydrogens (primary N) is 1. The van der Waals surface area contributed by atoms with Gasteiger partial charge < -0.3 is 0 Å². The van der Waals surface area contributed by atoms with E-state index in [1.54, 1.807) is 12.1 Å². The van der Waals surface area contributed by atoms with Crippen molar-refractivity contribution in [1.29, 1.82) is 0 Å². The highest BCUT2D eigenvalue weighted by atomic mass is 79.9. The van der Waals surface area contributed by atoms with Crippen molar-refractivity contribution in [2.45, 2.75) is 23.0 Å². The van der Waals surface area contributed by atoms with E-state index < -0.39 is 25.3 Å². The summed E-state index contributed by atoms with van der Waals surface area (Å²) >= 11 is 3.22. The van der Waals surface area contributed by atoms with Crippen molar-refractivity contribution in [1.82, 2.24) is 4.31 Å². The molecule has 1 unspecified atom stereocenters. The Labute approximate surface area is 127 Å². The molecule has 1 aromatic carbocycles. The minimum atomic E-state index is -3.72. The highest BCUT2D eigenvalue weighted by Crippen LogP contribution is 2.24. The van der Waals surface area contributed by atoms with Crippen LogP contribution in [0.1, 0.15) is 12.8 Å². The minimum absolute atomic E-state index is 0.0896. The van der Waals surface area contributed by atoms with E-state index in [9.17, 15) is 16.8 Å². The Hall–Kier alpha value is -0.480. The van der Waals surface area contributed by atoms with Crippen molar-refractivity contribution in [3.8, 4) is 0 Å². The maximum atomic E-state index is 12.5. The van der Waals surface area contributed by atoms with Crippen LogP contribution >= 0.6 is 15.9 Å². The third-order valence-corrected chi connectivity index (χ3v) is 6.91. The van der Waals surface area contributed by atoms with E-state index in [-0.39, 0.29) is 11.4 Å². The van der Waals surface area contributed by atoms with E-state index in [2.05, 4.69) is 15.9 Å². The molecule has 0 aromatic heterocycles. The van der Waals surface area contributed by atoms with E-state index in [0.29, 0.717) is 23.9 Å². The fourth-order valence-corrected chi connectivity index (χ4v) is 5.27. The molecule has 0 aliphatic carbocycles. The van der Waals surface area contributed by atoms with Crippen LogP contribution in [0.3, 0.4) is 0 Å². The van der Waals surface area contributed by atoms with Gasteiger partial charge in [-0.1, -0.05) is 22.0 Å². The van der Waals surface area contributed by atoms with Gasteiger partial charge in [-0.05, 0) is 31.0 Å². The van der Waals surface area contributed by atoms with Crippen LogP contribution in [0.2, 0.25) is 0 Å². The normalized spacial score (nSPS) is 21.8. The number of sulfonamides is 2. The second-order valence-electron chi connectivity index (χ2n) is 4.67. The fourth-order valence-electron chi connectivity index (χ4n) is 2.17. The number of primary sulfonamides is 1. The predicted molar refractivity (Wildman–Crippen MR) is 79.0 cm³/mol. The van der Waals surface area contributed by atoms with Crippen LogP contribution in [0.15, 0.2) is 33.6 Å². The number of piperidine rings is 1. The van der Waals surface area contributed by atoms with Crippen LogP contribution in [0.5, 0.6) is 0 Å². The Morgan fingerprint density at radius 2 is 1.95 bits per heavy atom. The van der Waals surface area contributed by atoms with Crippen LogP contribution in [0.25, 0.3) is 0 Å². The molecular weight excluding hydrogens is 368 g/mol. The second kappa shape index (κ2) is 5.72. The molecule has 9 heteroatoms. The van der Waals surface area contributed by atoms with Gasteiger partial charge >= 0.3 is 0 Å². The summed E-state index contributed by atoms with van der Waals surface area (Å²) < 4.78 is 49.6. The van der Waals surface area contributed by atoms with E-state index in [4.69, 9.17) is 5.14 Å². The molecule has 1 aliphatic rings. The first-order valence-corrected chi connectivity index (χ1v) is 9.83. The minimum Gasteiger partial charge on any atom is -0.228 e. The number of hydrogen-bond acceptors (Lipinski definition) is 4.